The summed E-state index contributed by atoms with van der Waals surface area (Å²) in [5, 5.41) is 3.54. The van der Waals surface area contributed by atoms with E-state index in [-0.39, 0.29) is 11.9 Å². The standard InChI is InChI=1S/C13H26N2O2/c1-5-15-8-11(13(16)17-4)6-12(9-15)14-7-10(2)3/h10-12,14H,5-9H2,1-4H3. The van der Waals surface area contributed by atoms with Crippen LogP contribution in [0.15, 0.2) is 0 Å². The summed E-state index contributed by atoms with van der Waals surface area (Å²) in [7, 11) is 1.48. The molecule has 1 N–H and O–H groups in total. The van der Waals surface area contributed by atoms with Crippen LogP contribution in [0.5, 0.6) is 0 Å². The van der Waals surface area contributed by atoms with Crippen molar-refractivity contribution in [1.29, 1.82) is 0 Å². The predicted octanol–water partition coefficient (Wildman–Crippen LogP) is 1.12. The molecule has 1 fully saturated rings. The molecule has 1 heterocycles. The lowest BCUT2D eigenvalue weighted by atomic mass is 9.94. The van der Waals surface area contributed by atoms with Crippen molar-refractivity contribution in [3.8, 4) is 0 Å². The summed E-state index contributed by atoms with van der Waals surface area (Å²) in [5.74, 6) is 0.599. The third-order valence-electron chi connectivity index (χ3n) is 3.32. The molecule has 0 bridgehead atoms. The first kappa shape index (κ1) is 14.5. The number of carbonyl (C=O) groups is 1. The van der Waals surface area contributed by atoms with Crippen molar-refractivity contribution in [2.45, 2.75) is 33.2 Å². The van der Waals surface area contributed by atoms with Crippen LogP contribution >= 0.6 is 0 Å². The third-order valence-corrected chi connectivity index (χ3v) is 3.32. The zero-order valence-corrected chi connectivity index (χ0v) is 11.5. The van der Waals surface area contributed by atoms with Crippen LogP contribution in [0.1, 0.15) is 27.2 Å². The maximum atomic E-state index is 11.6. The number of likely N-dealkylation sites (tertiary alicyclic amines) is 1. The number of piperidine rings is 1. The average Bonchev–Trinajstić information content (AvgIpc) is 2.34. The van der Waals surface area contributed by atoms with Crippen LogP contribution in [-0.2, 0) is 9.53 Å². The largest absolute Gasteiger partial charge is 0.469 e. The zero-order valence-electron chi connectivity index (χ0n) is 11.5. The molecule has 0 saturated carbocycles. The minimum Gasteiger partial charge on any atom is -0.469 e. The van der Waals surface area contributed by atoms with E-state index in [1.807, 2.05) is 0 Å². The lowest BCUT2D eigenvalue weighted by molar-refractivity contribution is -0.147. The van der Waals surface area contributed by atoms with Crippen LogP contribution in [-0.4, -0.2) is 50.2 Å². The van der Waals surface area contributed by atoms with Crippen LogP contribution in [0.3, 0.4) is 0 Å². The van der Waals surface area contributed by atoms with E-state index in [2.05, 4.69) is 31.0 Å². The first-order chi connectivity index (χ1) is 8.06. The fraction of sp³-hybridized carbons (Fsp3) is 0.923. The van der Waals surface area contributed by atoms with Crippen molar-refractivity contribution in [1.82, 2.24) is 10.2 Å². The van der Waals surface area contributed by atoms with Gasteiger partial charge in [0.1, 0.15) is 0 Å². The molecule has 4 nitrogen and oxygen atoms in total. The molecule has 1 rings (SSSR count). The van der Waals surface area contributed by atoms with Crippen molar-refractivity contribution >= 4 is 5.97 Å². The quantitative estimate of drug-likeness (QED) is 0.734. The van der Waals surface area contributed by atoms with Gasteiger partial charge in [-0.25, -0.2) is 0 Å². The second-order valence-corrected chi connectivity index (χ2v) is 5.31. The molecule has 1 aliphatic heterocycles. The number of esters is 1. The van der Waals surface area contributed by atoms with Gasteiger partial charge in [-0.15, -0.1) is 0 Å². The molecule has 100 valence electrons. The third kappa shape index (κ3) is 4.64. The van der Waals surface area contributed by atoms with Crippen LogP contribution in [0.2, 0.25) is 0 Å². The molecule has 0 aliphatic carbocycles. The highest BCUT2D eigenvalue weighted by atomic mass is 16.5. The summed E-state index contributed by atoms with van der Waals surface area (Å²) < 4.78 is 4.86. The molecule has 1 aliphatic rings. The Morgan fingerprint density at radius 1 is 1.47 bits per heavy atom. The zero-order chi connectivity index (χ0) is 12.8. The van der Waals surface area contributed by atoms with E-state index in [0.29, 0.717) is 12.0 Å². The van der Waals surface area contributed by atoms with Crippen LogP contribution < -0.4 is 5.32 Å². The summed E-state index contributed by atoms with van der Waals surface area (Å²) in [5.41, 5.74) is 0. The molecule has 0 aromatic rings. The maximum absolute atomic E-state index is 11.6. The molecule has 0 spiro atoms. The molecule has 2 unspecified atom stereocenters. The number of nitrogens with one attached hydrogen (secondary N) is 1. The Balaban J connectivity index is 2.51. The smallest absolute Gasteiger partial charge is 0.310 e. The Bertz CT molecular complexity index is 244. The Morgan fingerprint density at radius 2 is 2.18 bits per heavy atom. The van der Waals surface area contributed by atoms with Crippen LogP contribution in [0.25, 0.3) is 0 Å². The minimum atomic E-state index is -0.0699. The van der Waals surface area contributed by atoms with Gasteiger partial charge in [0.05, 0.1) is 13.0 Å². The first-order valence-electron chi connectivity index (χ1n) is 6.60. The van der Waals surface area contributed by atoms with E-state index >= 15 is 0 Å². The Hall–Kier alpha value is -0.610. The first-order valence-corrected chi connectivity index (χ1v) is 6.60. The monoisotopic (exact) mass is 242 g/mol. The van der Waals surface area contributed by atoms with E-state index in [1.165, 1.54) is 7.11 Å². The van der Waals surface area contributed by atoms with Gasteiger partial charge in [0.2, 0.25) is 0 Å². The minimum absolute atomic E-state index is 0.0263. The molecule has 1 saturated heterocycles. The average molecular weight is 242 g/mol. The van der Waals surface area contributed by atoms with E-state index in [0.717, 1.165) is 32.6 Å². The second-order valence-electron chi connectivity index (χ2n) is 5.31. The van der Waals surface area contributed by atoms with Gasteiger partial charge >= 0.3 is 5.97 Å². The number of likely N-dealkylation sites (N-methyl/N-ethyl adjacent to an activating group) is 1. The van der Waals surface area contributed by atoms with E-state index < -0.39 is 0 Å². The number of methoxy groups -OCH3 is 1. The van der Waals surface area contributed by atoms with E-state index in [1.54, 1.807) is 0 Å². The van der Waals surface area contributed by atoms with E-state index in [9.17, 15) is 4.79 Å². The van der Waals surface area contributed by atoms with Gasteiger partial charge in [-0.05, 0) is 25.4 Å². The second kappa shape index (κ2) is 6.97. The highest BCUT2D eigenvalue weighted by molar-refractivity contribution is 5.72. The highest BCUT2D eigenvalue weighted by Crippen LogP contribution is 2.18. The number of hydrogen-bond acceptors (Lipinski definition) is 4. The van der Waals surface area contributed by atoms with Crippen molar-refractivity contribution in [2.24, 2.45) is 11.8 Å². The lowest BCUT2D eigenvalue weighted by Crippen LogP contribution is -2.51. The van der Waals surface area contributed by atoms with Gasteiger partial charge in [-0.1, -0.05) is 20.8 Å². The van der Waals surface area contributed by atoms with Crippen molar-refractivity contribution in [3.05, 3.63) is 0 Å². The molecular formula is C13H26N2O2. The molecule has 4 heteroatoms. The van der Waals surface area contributed by atoms with Crippen LogP contribution in [0, 0.1) is 11.8 Å². The van der Waals surface area contributed by atoms with Crippen molar-refractivity contribution in [3.63, 3.8) is 0 Å². The topological polar surface area (TPSA) is 41.6 Å². The fourth-order valence-corrected chi connectivity index (χ4v) is 2.34. The Labute approximate surface area is 105 Å². The van der Waals surface area contributed by atoms with Crippen LogP contribution in [0.4, 0.5) is 0 Å². The normalized spacial score (nSPS) is 26.2. The predicted molar refractivity (Wildman–Crippen MR) is 68.9 cm³/mol. The number of ether oxygens (including phenoxy) is 1. The molecule has 0 aromatic heterocycles. The molecule has 0 radical (unpaired) electrons. The molecule has 2 atom stereocenters. The van der Waals surface area contributed by atoms with E-state index in [4.69, 9.17) is 4.74 Å². The number of hydrogen-bond donors (Lipinski definition) is 1. The van der Waals surface area contributed by atoms with Gasteiger partial charge in [0.25, 0.3) is 0 Å². The molecular weight excluding hydrogens is 216 g/mol. The van der Waals surface area contributed by atoms with Crippen molar-refractivity contribution < 1.29 is 9.53 Å². The Kier molecular flexibility index (Phi) is 5.92. The summed E-state index contributed by atoms with van der Waals surface area (Å²) in [4.78, 5) is 14.0. The molecule has 0 amide bonds. The number of carbonyl (C=O) groups excluding carboxylic acids is 1. The fourth-order valence-electron chi connectivity index (χ4n) is 2.34. The van der Waals surface area contributed by atoms with Gasteiger partial charge < -0.3 is 15.0 Å². The molecule has 0 aromatic carbocycles. The summed E-state index contributed by atoms with van der Waals surface area (Å²) in [6, 6.07) is 0.412. The number of rotatable bonds is 5. The number of nitrogens with zero attached hydrogens (tertiary/aromatic N) is 1. The van der Waals surface area contributed by atoms with Gasteiger partial charge in [0.15, 0.2) is 0 Å². The molecule has 17 heavy (non-hydrogen) atoms. The van der Waals surface area contributed by atoms with Crippen molar-refractivity contribution in [2.75, 3.05) is 33.3 Å². The Morgan fingerprint density at radius 3 is 2.71 bits per heavy atom. The van der Waals surface area contributed by atoms with Gasteiger partial charge in [-0.2, -0.15) is 0 Å². The summed E-state index contributed by atoms with van der Waals surface area (Å²) >= 11 is 0. The maximum Gasteiger partial charge on any atom is 0.310 e. The summed E-state index contributed by atoms with van der Waals surface area (Å²) in [6.45, 7) is 10.4. The SMILES string of the molecule is CCN1CC(NCC(C)C)CC(C(=O)OC)C1. The van der Waals surface area contributed by atoms with Gasteiger partial charge in [-0.3, -0.25) is 4.79 Å². The summed E-state index contributed by atoms with van der Waals surface area (Å²) in [6.07, 6.45) is 0.899. The van der Waals surface area contributed by atoms with Gasteiger partial charge in [0, 0.05) is 19.1 Å². The lowest BCUT2D eigenvalue weighted by Gasteiger charge is -2.36. The highest BCUT2D eigenvalue weighted by Gasteiger charge is 2.31.